The molecule has 0 N–H and O–H groups in total. The van der Waals surface area contributed by atoms with Gasteiger partial charge in [0.1, 0.15) is 6.04 Å². The summed E-state index contributed by atoms with van der Waals surface area (Å²) in [6, 6.07) is 20.8. The minimum atomic E-state index is -0.170. The summed E-state index contributed by atoms with van der Waals surface area (Å²) < 4.78 is 6.39. The molecule has 2 aromatic carbocycles. The maximum absolute atomic E-state index is 6.39. The molecule has 2 atom stereocenters. The van der Waals surface area contributed by atoms with Crippen LogP contribution in [0.25, 0.3) is 0 Å². The Morgan fingerprint density at radius 3 is 2.24 bits per heavy atom. The minimum Gasteiger partial charge on any atom is -0.369 e. The highest BCUT2D eigenvalue weighted by atomic mass is 16.5. The normalized spacial score (nSPS) is 20.7. The molecule has 1 fully saturated rings. The number of nitrogens with zero attached hydrogens (tertiary/aromatic N) is 1. The summed E-state index contributed by atoms with van der Waals surface area (Å²) >= 11 is 0. The van der Waals surface area contributed by atoms with E-state index in [-0.39, 0.29) is 17.7 Å². The first-order chi connectivity index (χ1) is 12.0. The first-order valence-electron chi connectivity index (χ1n) is 9.09. The summed E-state index contributed by atoms with van der Waals surface area (Å²) in [5.74, 6) is 6.87. The van der Waals surface area contributed by atoms with Crippen molar-refractivity contribution in [1.82, 2.24) is 0 Å². The largest absolute Gasteiger partial charge is 0.369 e. The maximum atomic E-state index is 6.39. The van der Waals surface area contributed by atoms with Gasteiger partial charge in [0.25, 0.3) is 0 Å². The zero-order chi connectivity index (χ0) is 17.7. The van der Waals surface area contributed by atoms with E-state index in [1.807, 2.05) is 18.2 Å². The van der Waals surface area contributed by atoms with E-state index in [1.165, 1.54) is 5.69 Å². The summed E-state index contributed by atoms with van der Waals surface area (Å²) in [7, 11) is 0. The van der Waals surface area contributed by atoms with Gasteiger partial charge in [0.15, 0.2) is 0 Å². The maximum Gasteiger partial charge on any atom is 0.117 e. The van der Waals surface area contributed by atoms with Gasteiger partial charge in [-0.1, -0.05) is 48.2 Å². The standard InChI is InChI=1S/C23H27NO/c1-23(2,3)25-22-15-10-18-24(20-13-8-5-9-14-20)21(22)17-16-19-11-6-4-7-12-19/h4-9,11-14,21-22H,10,15,18H2,1-3H3/t21-,22+/m0/s1. The predicted molar refractivity (Wildman–Crippen MR) is 105 cm³/mol. The number of benzene rings is 2. The van der Waals surface area contributed by atoms with Gasteiger partial charge in [-0.25, -0.2) is 0 Å². The highest BCUT2D eigenvalue weighted by Crippen LogP contribution is 2.29. The molecule has 1 aliphatic heterocycles. The van der Waals surface area contributed by atoms with Gasteiger partial charge in [-0.15, -0.1) is 0 Å². The monoisotopic (exact) mass is 333 g/mol. The Bertz CT molecular complexity index is 721. The zero-order valence-electron chi connectivity index (χ0n) is 15.4. The number of rotatable bonds is 2. The van der Waals surface area contributed by atoms with E-state index in [2.05, 4.69) is 80.0 Å². The van der Waals surface area contributed by atoms with Gasteiger partial charge in [-0.3, -0.25) is 0 Å². The van der Waals surface area contributed by atoms with Crippen LogP contribution in [0.5, 0.6) is 0 Å². The van der Waals surface area contributed by atoms with E-state index in [4.69, 9.17) is 4.74 Å². The fourth-order valence-corrected chi connectivity index (χ4v) is 3.30. The van der Waals surface area contributed by atoms with Gasteiger partial charge in [0.2, 0.25) is 0 Å². The topological polar surface area (TPSA) is 12.5 Å². The first-order valence-corrected chi connectivity index (χ1v) is 9.09. The summed E-state index contributed by atoms with van der Waals surface area (Å²) in [5, 5.41) is 0. The van der Waals surface area contributed by atoms with Crippen molar-refractivity contribution >= 4 is 5.69 Å². The molecule has 130 valence electrons. The van der Waals surface area contributed by atoms with Crippen LogP contribution in [0, 0.1) is 11.8 Å². The minimum absolute atomic E-state index is 0.0654. The van der Waals surface area contributed by atoms with Gasteiger partial charge < -0.3 is 9.64 Å². The van der Waals surface area contributed by atoms with Gasteiger partial charge in [0, 0.05) is 17.8 Å². The smallest absolute Gasteiger partial charge is 0.117 e. The van der Waals surface area contributed by atoms with E-state index >= 15 is 0 Å². The molecule has 0 spiro atoms. The Morgan fingerprint density at radius 1 is 0.960 bits per heavy atom. The summed E-state index contributed by atoms with van der Waals surface area (Å²) in [5.41, 5.74) is 2.10. The molecule has 0 aromatic heterocycles. The van der Waals surface area contributed by atoms with Crippen LogP contribution >= 0.6 is 0 Å². The molecule has 0 saturated carbocycles. The van der Waals surface area contributed by atoms with Crippen LogP contribution < -0.4 is 4.90 Å². The van der Waals surface area contributed by atoms with Crippen molar-refractivity contribution in [2.24, 2.45) is 0 Å². The number of anilines is 1. The van der Waals surface area contributed by atoms with Gasteiger partial charge in [-0.2, -0.15) is 0 Å². The highest BCUT2D eigenvalue weighted by Gasteiger charge is 2.33. The molecule has 0 unspecified atom stereocenters. The second-order valence-electron chi connectivity index (χ2n) is 7.52. The average molecular weight is 333 g/mol. The quantitative estimate of drug-likeness (QED) is 0.726. The number of hydrogen-bond acceptors (Lipinski definition) is 2. The van der Waals surface area contributed by atoms with Crippen LogP contribution in [0.2, 0.25) is 0 Å². The molecule has 25 heavy (non-hydrogen) atoms. The summed E-state index contributed by atoms with van der Waals surface area (Å²) in [6.07, 6.45) is 2.29. The molecule has 0 bridgehead atoms. The second-order valence-corrected chi connectivity index (χ2v) is 7.52. The van der Waals surface area contributed by atoms with Gasteiger partial charge in [0.05, 0.1) is 11.7 Å². The molecule has 0 amide bonds. The Labute approximate surface area is 151 Å². The molecule has 1 saturated heterocycles. The lowest BCUT2D eigenvalue weighted by Gasteiger charge is -2.42. The van der Waals surface area contributed by atoms with Crippen molar-refractivity contribution < 1.29 is 4.74 Å². The lowest BCUT2D eigenvalue weighted by Crippen LogP contribution is -2.50. The van der Waals surface area contributed by atoms with E-state index in [9.17, 15) is 0 Å². The molecular formula is C23H27NO. The number of piperidine rings is 1. The van der Waals surface area contributed by atoms with Gasteiger partial charge >= 0.3 is 0 Å². The molecule has 0 radical (unpaired) electrons. The van der Waals surface area contributed by atoms with Crippen molar-refractivity contribution in [1.29, 1.82) is 0 Å². The van der Waals surface area contributed by atoms with Crippen molar-refractivity contribution in [2.45, 2.75) is 51.4 Å². The van der Waals surface area contributed by atoms with Gasteiger partial charge in [-0.05, 0) is 57.9 Å². The van der Waals surface area contributed by atoms with Crippen molar-refractivity contribution in [3.8, 4) is 11.8 Å². The van der Waals surface area contributed by atoms with Crippen LogP contribution in [0.1, 0.15) is 39.2 Å². The fraction of sp³-hybridized carbons (Fsp3) is 0.391. The molecule has 3 rings (SSSR count). The van der Waals surface area contributed by atoms with Crippen LogP contribution in [0.15, 0.2) is 60.7 Å². The average Bonchev–Trinajstić information content (AvgIpc) is 2.61. The molecule has 1 heterocycles. The summed E-state index contributed by atoms with van der Waals surface area (Å²) in [6.45, 7) is 7.38. The second kappa shape index (κ2) is 7.76. The number of para-hydroxylation sites is 1. The molecule has 1 aliphatic rings. The Hall–Kier alpha value is -2.24. The van der Waals surface area contributed by atoms with E-state index in [0.29, 0.717) is 0 Å². The third kappa shape index (κ3) is 4.87. The molecule has 2 nitrogen and oxygen atoms in total. The molecule has 0 aliphatic carbocycles. The van der Waals surface area contributed by atoms with Crippen LogP contribution in [-0.4, -0.2) is 24.3 Å². The third-order valence-electron chi connectivity index (χ3n) is 4.31. The SMILES string of the molecule is CC(C)(C)O[C@@H]1CCCN(c2ccccc2)[C@H]1C#Cc1ccccc1. The van der Waals surface area contributed by atoms with E-state index in [0.717, 1.165) is 24.9 Å². The van der Waals surface area contributed by atoms with Crippen molar-refractivity contribution in [3.05, 3.63) is 66.2 Å². The predicted octanol–water partition coefficient (Wildman–Crippen LogP) is 4.89. The Morgan fingerprint density at radius 2 is 1.60 bits per heavy atom. The summed E-state index contributed by atoms with van der Waals surface area (Å²) in [4.78, 5) is 2.40. The third-order valence-corrected chi connectivity index (χ3v) is 4.31. The lowest BCUT2D eigenvalue weighted by molar-refractivity contribution is -0.0724. The lowest BCUT2D eigenvalue weighted by atomic mass is 9.96. The highest BCUT2D eigenvalue weighted by molar-refractivity contribution is 5.51. The zero-order valence-corrected chi connectivity index (χ0v) is 15.4. The van der Waals surface area contributed by atoms with Crippen LogP contribution in [-0.2, 0) is 4.74 Å². The molecular weight excluding hydrogens is 306 g/mol. The number of hydrogen-bond donors (Lipinski definition) is 0. The number of ether oxygens (including phenoxy) is 1. The van der Waals surface area contributed by atoms with Crippen LogP contribution in [0.4, 0.5) is 5.69 Å². The first kappa shape index (κ1) is 17.6. The van der Waals surface area contributed by atoms with E-state index < -0.39 is 0 Å². The molecule has 2 heteroatoms. The van der Waals surface area contributed by atoms with Crippen molar-refractivity contribution in [2.75, 3.05) is 11.4 Å². The van der Waals surface area contributed by atoms with Crippen LogP contribution in [0.3, 0.4) is 0 Å². The Kier molecular flexibility index (Phi) is 5.46. The Balaban J connectivity index is 1.92. The van der Waals surface area contributed by atoms with E-state index in [1.54, 1.807) is 0 Å². The fourth-order valence-electron chi connectivity index (χ4n) is 3.30. The van der Waals surface area contributed by atoms with Crippen molar-refractivity contribution in [3.63, 3.8) is 0 Å². The molecule has 2 aromatic rings.